The lowest BCUT2D eigenvalue weighted by Crippen LogP contribution is -2.50. The minimum absolute atomic E-state index is 0.166. The molecule has 2 unspecified atom stereocenters. The topological polar surface area (TPSA) is 72.9 Å². The number of amides is 1. The van der Waals surface area contributed by atoms with Gasteiger partial charge in [0.1, 0.15) is 5.54 Å². The van der Waals surface area contributed by atoms with Crippen LogP contribution in [0.4, 0.5) is 0 Å². The van der Waals surface area contributed by atoms with Gasteiger partial charge in [-0.1, -0.05) is 37.3 Å². The minimum Gasteiger partial charge on any atom is -0.354 e. The Labute approximate surface area is 125 Å². The van der Waals surface area contributed by atoms with Crippen LogP contribution in [-0.2, 0) is 16.9 Å². The van der Waals surface area contributed by atoms with Gasteiger partial charge >= 0.3 is 0 Å². The lowest BCUT2D eigenvalue weighted by Gasteiger charge is -2.25. The Hall–Kier alpha value is -2.14. The Kier molecular flexibility index (Phi) is 4.75. The molecule has 0 aliphatic heterocycles. The molecule has 0 aliphatic carbocycles. The number of rotatable bonds is 6. The van der Waals surface area contributed by atoms with Gasteiger partial charge < -0.3 is 11.1 Å². The van der Waals surface area contributed by atoms with Crippen molar-refractivity contribution in [1.29, 1.82) is 0 Å². The predicted molar refractivity (Wildman–Crippen MR) is 82.4 cm³/mol. The van der Waals surface area contributed by atoms with Crippen molar-refractivity contribution >= 4 is 5.91 Å². The second-order valence-corrected chi connectivity index (χ2v) is 5.61. The van der Waals surface area contributed by atoms with Gasteiger partial charge in [-0.05, 0) is 24.5 Å². The smallest absolute Gasteiger partial charge is 0.244 e. The molecule has 0 aliphatic rings. The average molecular weight is 286 g/mol. The maximum Gasteiger partial charge on any atom is 0.244 e. The fourth-order valence-electron chi connectivity index (χ4n) is 2.16. The van der Waals surface area contributed by atoms with Gasteiger partial charge in [-0.2, -0.15) is 5.10 Å². The Bertz CT molecular complexity index is 563. The summed E-state index contributed by atoms with van der Waals surface area (Å²) in [5, 5.41) is 7.09. The molecule has 0 bridgehead atoms. The van der Waals surface area contributed by atoms with Crippen LogP contribution in [0.2, 0.25) is 0 Å². The summed E-state index contributed by atoms with van der Waals surface area (Å²) in [6, 6.07) is 11.3. The fourth-order valence-corrected chi connectivity index (χ4v) is 2.16. The van der Waals surface area contributed by atoms with Gasteiger partial charge in [-0.15, -0.1) is 0 Å². The van der Waals surface area contributed by atoms with Gasteiger partial charge in [-0.3, -0.25) is 9.48 Å². The van der Waals surface area contributed by atoms with Gasteiger partial charge in [0.2, 0.25) is 5.91 Å². The van der Waals surface area contributed by atoms with Crippen molar-refractivity contribution in [2.24, 2.45) is 11.7 Å². The lowest BCUT2D eigenvalue weighted by atomic mass is 9.92. The SMILES string of the molecule is CC(CNC(=O)C(C)(N)c1ccccc1)Cn1cccn1. The highest BCUT2D eigenvalue weighted by Gasteiger charge is 2.30. The first kappa shape index (κ1) is 15.3. The molecule has 5 nitrogen and oxygen atoms in total. The predicted octanol–water partition coefficient (Wildman–Crippen LogP) is 1.51. The van der Waals surface area contributed by atoms with E-state index in [1.807, 2.05) is 47.3 Å². The lowest BCUT2D eigenvalue weighted by molar-refractivity contribution is -0.126. The molecule has 1 aromatic carbocycles. The van der Waals surface area contributed by atoms with Crippen molar-refractivity contribution in [1.82, 2.24) is 15.1 Å². The average Bonchev–Trinajstić information content (AvgIpc) is 2.98. The van der Waals surface area contributed by atoms with Gasteiger partial charge in [0.25, 0.3) is 0 Å². The van der Waals surface area contributed by atoms with E-state index in [2.05, 4.69) is 17.3 Å². The minimum atomic E-state index is -1.02. The normalized spacial score (nSPS) is 15.2. The van der Waals surface area contributed by atoms with Crippen LogP contribution < -0.4 is 11.1 Å². The summed E-state index contributed by atoms with van der Waals surface area (Å²) < 4.78 is 1.86. The zero-order valence-corrected chi connectivity index (χ0v) is 12.5. The zero-order chi connectivity index (χ0) is 15.3. The molecular weight excluding hydrogens is 264 g/mol. The molecule has 1 aromatic heterocycles. The first-order valence-corrected chi connectivity index (χ1v) is 7.10. The molecule has 5 heteroatoms. The van der Waals surface area contributed by atoms with E-state index in [1.54, 1.807) is 13.1 Å². The number of aromatic nitrogens is 2. The van der Waals surface area contributed by atoms with Crippen LogP contribution in [0.25, 0.3) is 0 Å². The first-order valence-electron chi connectivity index (χ1n) is 7.10. The maximum absolute atomic E-state index is 12.3. The van der Waals surface area contributed by atoms with Crippen molar-refractivity contribution in [2.75, 3.05) is 6.54 Å². The first-order chi connectivity index (χ1) is 10.00. The number of benzene rings is 1. The van der Waals surface area contributed by atoms with E-state index in [9.17, 15) is 4.79 Å². The molecule has 112 valence electrons. The molecule has 2 aromatic rings. The Morgan fingerprint density at radius 1 is 1.38 bits per heavy atom. The van der Waals surface area contributed by atoms with Crippen molar-refractivity contribution in [3.05, 3.63) is 54.4 Å². The molecule has 0 spiro atoms. The number of nitrogens with zero attached hydrogens (tertiary/aromatic N) is 2. The molecule has 0 saturated carbocycles. The third kappa shape index (κ3) is 3.92. The summed E-state index contributed by atoms with van der Waals surface area (Å²) in [7, 11) is 0. The standard InChI is InChI=1S/C16H22N4O/c1-13(12-20-10-6-9-19-20)11-18-15(21)16(2,17)14-7-4-3-5-8-14/h3-10,13H,11-12,17H2,1-2H3,(H,18,21). The highest BCUT2D eigenvalue weighted by Crippen LogP contribution is 2.17. The van der Waals surface area contributed by atoms with Crippen LogP contribution in [0.3, 0.4) is 0 Å². The molecule has 2 atom stereocenters. The van der Waals surface area contributed by atoms with E-state index < -0.39 is 5.54 Å². The van der Waals surface area contributed by atoms with Crippen LogP contribution in [0.15, 0.2) is 48.8 Å². The van der Waals surface area contributed by atoms with Crippen molar-refractivity contribution in [2.45, 2.75) is 25.9 Å². The van der Waals surface area contributed by atoms with E-state index in [0.717, 1.165) is 12.1 Å². The van der Waals surface area contributed by atoms with E-state index in [-0.39, 0.29) is 11.8 Å². The van der Waals surface area contributed by atoms with E-state index in [4.69, 9.17) is 5.73 Å². The van der Waals surface area contributed by atoms with Gasteiger partial charge in [0, 0.05) is 25.5 Å². The van der Waals surface area contributed by atoms with E-state index in [1.165, 1.54) is 0 Å². The highest BCUT2D eigenvalue weighted by molar-refractivity contribution is 5.86. The van der Waals surface area contributed by atoms with E-state index in [0.29, 0.717) is 6.54 Å². The van der Waals surface area contributed by atoms with Crippen molar-refractivity contribution in [3.8, 4) is 0 Å². The van der Waals surface area contributed by atoms with Crippen LogP contribution in [-0.4, -0.2) is 22.2 Å². The number of carbonyl (C=O) groups is 1. The Morgan fingerprint density at radius 3 is 2.71 bits per heavy atom. The summed E-state index contributed by atoms with van der Waals surface area (Å²) in [5.74, 6) is 0.112. The Morgan fingerprint density at radius 2 is 2.10 bits per heavy atom. The quantitative estimate of drug-likeness (QED) is 0.845. The van der Waals surface area contributed by atoms with Gasteiger partial charge in [0.15, 0.2) is 0 Å². The highest BCUT2D eigenvalue weighted by atomic mass is 16.2. The second kappa shape index (κ2) is 6.54. The van der Waals surface area contributed by atoms with E-state index >= 15 is 0 Å². The molecule has 0 radical (unpaired) electrons. The van der Waals surface area contributed by atoms with Gasteiger partial charge in [0.05, 0.1) is 0 Å². The molecule has 1 amide bonds. The van der Waals surface area contributed by atoms with Crippen molar-refractivity contribution < 1.29 is 4.79 Å². The molecule has 1 heterocycles. The summed E-state index contributed by atoms with van der Waals surface area (Å²) in [4.78, 5) is 12.3. The van der Waals surface area contributed by atoms with Crippen LogP contribution in [0.5, 0.6) is 0 Å². The molecule has 21 heavy (non-hydrogen) atoms. The summed E-state index contributed by atoms with van der Waals surface area (Å²) >= 11 is 0. The number of nitrogens with one attached hydrogen (secondary N) is 1. The molecular formula is C16H22N4O. The number of hydrogen-bond donors (Lipinski definition) is 2. The van der Waals surface area contributed by atoms with Gasteiger partial charge in [-0.25, -0.2) is 0 Å². The maximum atomic E-state index is 12.3. The zero-order valence-electron chi connectivity index (χ0n) is 12.5. The monoisotopic (exact) mass is 286 g/mol. The van der Waals surface area contributed by atoms with Crippen LogP contribution in [0.1, 0.15) is 19.4 Å². The second-order valence-electron chi connectivity index (χ2n) is 5.61. The largest absolute Gasteiger partial charge is 0.354 e. The molecule has 0 saturated heterocycles. The summed E-state index contributed by atoms with van der Waals surface area (Å²) in [6.07, 6.45) is 3.66. The number of hydrogen-bond acceptors (Lipinski definition) is 3. The molecule has 0 fully saturated rings. The third-order valence-corrected chi connectivity index (χ3v) is 3.51. The summed E-state index contributed by atoms with van der Waals surface area (Å²) in [6.45, 7) is 5.13. The van der Waals surface area contributed by atoms with Crippen LogP contribution >= 0.6 is 0 Å². The molecule has 2 rings (SSSR count). The third-order valence-electron chi connectivity index (χ3n) is 3.51. The van der Waals surface area contributed by atoms with Crippen LogP contribution in [0, 0.1) is 5.92 Å². The number of nitrogens with two attached hydrogens (primary N) is 1. The fraction of sp³-hybridized carbons (Fsp3) is 0.375. The Balaban J connectivity index is 1.89. The summed E-state index contributed by atoms with van der Waals surface area (Å²) in [5.41, 5.74) is 5.96. The molecule has 3 N–H and O–H groups in total. The van der Waals surface area contributed by atoms with Crippen molar-refractivity contribution in [3.63, 3.8) is 0 Å². The number of carbonyl (C=O) groups excluding carboxylic acids is 1.